The molecule has 0 spiro atoms. The average molecular weight is 348 g/mol. The summed E-state index contributed by atoms with van der Waals surface area (Å²) in [6, 6.07) is 7.83. The maximum Gasteiger partial charge on any atom is 0.323 e. The first-order valence-corrected chi connectivity index (χ1v) is 7.38. The first-order chi connectivity index (χ1) is 11.8. The van der Waals surface area contributed by atoms with Gasteiger partial charge in [0.05, 0.1) is 0 Å². The van der Waals surface area contributed by atoms with Crippen molar-refractivity contribution < 1.29 is 18.4 Å². The number of hydrogen-bond donors (Lipinski definition) is 3. The number of nitrogens with one attached hydrogen (secondary N) is 3. The Morgan fingerprint density at radius 3 is 1.72 bits per heavy atom. The van der Waals surface area contributed by atoms with E-state index in [1.807, 2.05) is 0 Å². The Hall–Kier alpha value is -3.16. The summed E-state index contributed by atoms with van der Waals surface area (Å²) in [5.74, 6) is -1.76. The lowest BCUT2D eigenvalue weighted by molar-refractivity contribution is -0.114. The van der Waals surface area contributed by atoms with Gasteiger partial charge in [0.2, 0.25) is 5.91 Å². The lowest BCUT2D eigenvalue weighted by Gasteiger charge is -2.16. The van der Waals surface area contributed by atoms with Gasteiger partial charge in [-0.25, -0.2) is 13.6 Å². The Morgan fingerprint density at radius 1 is 0.840 bits per heavy atom. The van der Waals surface area contributed by atoms with E-state index >= 15 is 0 Å². The normalized spacial score (nSPS) is 10.1. The highest BCUT2D eigenvalue weighted by atomic mass is 19.1. The largest absolute Gasteiger partial charge is 0.373 e. The van der Waals surface area contributed by atoms with E-state index in [4.69, 9.17) is 0 Å². The third-order valence-corrected chi connectivity index (χ3v) is 3.19. The van der Waals surface area contributed by atoms with Crippen molar-refractivity contribution in [2.75, 3.05) is 34.9 Å². The second kappa shape index (κ2) is 7.61. The van der Waals surface area contributed by atoms with Crippen LogP contribution in [0.25, 0.3) is 0 Å². The molecule has 0 atom stereocenters. The van der Waals surface area contributed by atoms with E-state index in [0.29, 0.717) is 11.4 Å². The van der Waals surface area contributed by atoms with E-state index in [1.165, 1.54) is 25.9 Å². The summed E-state index contributed by atoms with van der Waals surface area (Å²) in [4.78, 5) is 24.2. The molecule has 3 N–H and O–H groups in total. The predicted octanol–water partition coefficient (Wildman–Crippen LogP) is 3.63. The molecule has 0 bridgehead atoms. The number of hydrogen-bond acceptors (Lipinski definition) is 3. The van der Waals surface area contributed by atoms with Gasteiger partial charge in [-0.05, 0) is 36.4 Å². The second-order valence-corrected chi connectivity index (χ2v) is 5.52. The first-order valence-electron chi connectivity index (χ1n) is 7.38. The number of rotatable bonds is 4. The highest BCUT2D eigenvalue weighted by Gasteiger charge is 2.14. The molecule has 0 saturated carbocycles. The molecule has 132 valence electrons. The van der Waals surface area contributed by atoms with Crippen LogP contribution in [0, 0.1) is 11.6 Å². The summed E-state index contributed by atoms with van der Waals surface area (Å²) in [5.41, 5.74) is 0.854. The molecular formula is C17H18F2N4O2. The minimum absolute atomic E-state index is 0.00651. The van der Waals surface area contributed by atoms with Crippen LogP contribution in [0.15, 0.2) is 36.4 Å². The van der Waals surface area contributed by atoms with Crippen molar-refractivity contribution in [1.29, 1.82) is 0 Å². The van der Waals surface area contributed by atoms with Gasteiger partial charge < -0.3 is 20.9 Å². The smallest absolute Gasteiger partial charge is 0.323 e. The quantitative estimate of drug-likeness (QED) is 0.790. The molecule has 2 aromatic rings. The molecule has 0 radical (unpaired) electrons. The van der Waals surface area contributed by atoms with Gasteiger partial charge in [0.1, 0.15) is 5.69 Å². The van der Waals surface area contributed by atoms with Crippen LogP contribution in [0.1, 0.15) is 6.92 Å². The highest BCUT2D eigenvalue weighted by molar-refractivity contribution is 6.00. The van der Waals surface area contributed by atoms with Crippen molar-refractivity contribution in [3.63, 3.8) is 0 Å². The van der Waals surface area contributed by atoms with Crippen molar-refractivity contribution >= 4 is 34.7 Å². The summed E-state index contributed by atoms with van der Waals surface area (Å²) in [7, 11) is 3.04. The Kier molecular flexibility index (Phi) is 5.53. The molecule has 0 aliphatic heterocycles. The van der Waals surface area contributed by atoms with Crippen LogP contribution in [0.5, 0.6) is 0 Å². The van der Waals surface area contributed by atoms with Crippen molar-refractivity contribution in [2.45, 2.75) is 6.92 Å². The molecular weight excluding hydrogens is 330 g/mol. The van der Waals surface area contributed by atoms with Crippen molar-refractivity contribution in [3.8, 4) is 0 Å². The number of benzene rings is 2. The van der Waals surface area contributed by atoms with E-state index in [0.717, 1.165) is 12.1 Å². The maximum absolute atomic E-state index is 13.9. The molecule has 0 aliphatic rings. The zero-order valence-electron chi connectivity index (χ0n) is 14.0. The Bertz CT molecular complexity index is 769. The fraction of sp³-hybridized carbons (Fsp3) is 0.176. The van der Waals surface area contributed by atoms with Gasteiger partial charge in [-0.15, -0.1) is 0 Å². The number of carbonyl (C=O) groups excluding carboxylic acids is 2. The van der Waals surface area contributed by atoms with E-state index in [-0.39, 0.29) is 17.3 Å². The van der Waals surface area contributed by atoms with Crippen molar-refractivity contribution in [3.05, 3.63) is 48.0 Å². The summed E-state index contributed by atoms with van der Waals surface area (Å²) in [5, 5.41) is 7.49. The molecule has 0 fully saturated rings. The van der Waals surface area contributed by atoms with Gasteiger partial charge in [0, 0.05) is 38.1 Å². The van der Waals surface area contributed by atoms with Crippen LogP contribution < -0.4 is 20.9 Å². The highest BCUT2D eigenvalue weighted by Crippen LogP contribution is 2.25. The van der Waals surface area contributed by atoms with Gasteiger partial charge in [0.25, 0.3) is 0 Å². The first kappa shape index (κ1) is 18.2. The number of halogens is 2. The summed E-state index contributed by atoms with van der Waals surface area (Å²) in [6.45, 7) is 1.39. The predicted molar refractivity (Wildman–Crippen MR) is 94.1 cm³/mol. The number of anilines is 4. The summed E-state index contributed by atoms with van der Waals surface area (Å²) < 4.78 is 27.8. The standard InChI is InChI=1S/C17H18F2N4O2/c1-10(24)20-11-4-6-12(7-5-11)21-17(25)22-13-8-14(18)16(23(2)3)15(19)9-13/h4-9H,1-3H3,(H,20,24)(H2,21,22,25). The minimum Gasteiger partial charge on any atom is -0.373 e. The van der Waals surface area contributed by atoms with Crippen molar-refractivity contribution in [1.82, 2.24) is 0 Å². The molecule has 0 aliphatic carbocycles. The van der Waals surface area contributed by atoms with Crippen LogP contribution in [-0.4, -0.2) is 26.0 Å². The van der Waals surface area contributed by atoms with Gasteiger partial charge in [-0.3, -0.25) is 4.79 Å². The lowest BCUT2D eigenvalue weighted by atomic mass is 10.2. The third-order valence-electron chi connectivity index (χ3n) is 3.19. The fourth-order valence-corrected chi connectivity index (χ4v) is 2.20. The zero-order chi connectivity index (χ0) is 18.6. The third kappa shape index (κ3) is 4.90. The Balaban J connectivity index is 2.04. The molecule has 8 heteroatoms. The number of amides is 3. The molecule has 2 aromatic carbocycles. The van der Waals surface area contributed by atoms with Crippen molar-refractivity contribution in [2.24, 2.45) is 0 Å². The fourth-order valence-electron chi connectivity index (χ4n) is 2.20. The number of carbonyl (C=O) groups is 2. The molecule has 2 rings (SSSR count). The summed E-state index contributed by atoms with van der Waals surface area (Å²) >= 11 is 0. The zero-order valence-corrected chi connectivity index (χ0v) is 14.0. The van der Waals surface area contributed by atoms with Crippen LogP contribution in [-0.2, 0) is 4.79 Å². The van der Waals surface area contributed by atoms with Crippen LogP contribution in [0.2, 0.25) is 0 Å². The number of urea groups is 1. The molecule has 25 heavy (non-hydrogen) atoms. The molecule has 0 aromatic heterocycles. The number of nitrogens with zero attached hydrogens (tertiary/aromatic N) is 1. The molecule has 0 heterocycles. The SMILES string of the molecule is CC(=O)Nc1ccc(NC(=O)Nc2cc(F)c(N(C)C)c(F)c2)cc1. The van der Waals surface area contributed by atoms with E-state index in [9.17, 15) is 18.4 Å². The average Bonchev–Trinajstić information content (AvgIpc) is 2.47. The van der Waals surface area contributed by atoms with Gasteiger partial charge >= 0.3 is 6.03 Å². The lowest BCUT2D eigenvalue weighted by Crippen LogP contribution is -2.20. The van der Waals surface area contributed by atoms with Crippen LogP contribution in [0.3, 0.4) is 0 Å². The van der Waals surface area contributed by atoms with Gasteiger partial charge in [0.15, 0.2) is 11.6 Å². The maximum atomic E-state index is 13.9. The molecule has 0 unspecified atom stereocenters. The Labute approximate surface area is 143 Å². The Morgan fingerprint density at radius 2 is 1.28 bits per heavy atom. The van der Waals surface area contributed by atoms with Crippen LogP contribution >= 0.6 is 0 Å². The van der Waals surface area contributed by atoms with E-state index in [2.05, 4.69) is 16.0 Å². The molecule has 6 nitrogen and oxygen atoms in total. The van der Waals surface area contributed by atoms with E-state index in [1.54, 1.807) is 24.3 Å². The van der Waals surface area contributed by atoms with Gasteiger partial charge in [-0.1, -0.05) is 0 Å². The monoisotopic (exact) mass is 348 g/mol. The molecule has 3 amide bonds. The van der Waals surface area contributed by atoms with Crippen LogP contribution in [0.4, 0.5) is 36.3 Å². The van der Waals surface area contributed by atoms with Gasteiger partial charge in [-0.2, -0.15) is 0 Å². The summed E-state index contributed by atoms with van der Waals surface area (Å²) in [6.07, 6.45) is 0. The van der Waals surface area contributed by atoms with E-state index < -0.39 is 17.7 Å². The minimum atomic E-state index is -0.778. The second-order valence-electron chi connectivity index (χ2n) is 5.52. The molecule has 0 saturated heterocycles. The topological polar surface area (TPSA) is 73.5 Å².